The first-order chi connectivity index (χ1) is 12.7. The van der Waals surface area contributed by atoms with Crippen molar-refractivity contribution in [3.8, 4) is 34.0 Å². The van der Waals surface area contributed by atoms with Gasteiger partial charge in [-0.2, -0.15) is 0 Å². The maximum absolute atomic E-state index is 10.9. The summed E-state index contributed by atoms with van der Waals surface area (Å²) in [5.41, 5.74) is 3.28. The molecule has 0 saturated heterocycles. The van der Waals surface area contributed by atoms with E-state index in [9.17, 15) is 10.1 Å². The molecule has 0 atom stereocenters. The van der Waals surface area contributed by atoms with Crippen molar-refractivity contribution in [2.24, 2.45) is 0 Å². The monoisotopic (exact) mass is 342 g/mol. The van der Waals surface area contributed by atoms with E-state index < -0.39 is 4.92 Å². The van der Waals surface area contributed by atoms with Gasteiger partial charge in [-0.15, -0.1) is 0 Å². The average Bonchev–Trinajstić information content (AvgIpc) is 3.15. The summed E-state index contributed by atoms with van der Waals surface area (Å²) in [5.74, 6) is 1.10. The van der Waals surface area contributed by atoms with Crippen molar-refractivity contribution in [2.75, 3.05) is 0 Å². The van der Waals surface area contributed by atoms with Crippen LogP contribution in [0.25, 0.3) is 34.0 Å². The quantitative estimate of drug-likeness (QED) is 0.358. The van der Waals surface area contributed by atoms with Crippen molar-refractivity contribution in [1.29, 1.82) is 0 Å². The van der Waals surface area contributed by atoms with Crippen LogP contribution in [0.5, 0.6) is 0 Å². The highest BCUT2D eigenvalue weighted by molar-refractivity contribution is 5.79. The fourth-order valence-electron chi connectivity index (χ4n) is 2.75. The molecule has 0 aliphatic rings. The molecule has 1 aromatic heterocycles. The van der Waals surface area contributed by atoms with Crippen LogP contribution >= 0.6 is 0 Å². The molecule has 0 bridgehead atoms. The lowest BCUT2D eigenvalue weighted by Gasteiger charge is -2.01. The van der Waals surface area contributed by atoms with E-state index in [0.29, 0.717) is 17.3 Å². The van der Waals surface area contributed by atoms with Crippen LogP contribution in [0.3, 0.4) is 0 Å². The lowest BCUT2D eigenvalue weighted by molar-refractivity contribution is -0.384. The van der Waals surface area contributed by atoms with E-state index >= 15 is 0 Å². The Morgan fingerprint density at radius 1 is 0.731 bits per heavy atom. The predicted octanol–water partition coefficient (Wildman–Crippen LogP) is 5.58. The van der Waals surface area contributed by atoms with Gasteiger partial charge in [-0.1, -0.05) is 48.5 Å². The summed E-state index contributed by atoms with van der Waals surface area (Å²) in [6.07, 6.45) is 0. The van der Waals surface area contributed by atoms with Crippen molar-refractivity contribution in [3.63, 3.8) is 0 Å². The normalized spacial score (nSPS) is 10.6. The van der Waals surface area contributed by atoms with Crippen LogP contribution in [-0.4, -0.2) is 9.91 Å². The third-order valence-electron chi connectivity index (χ3n) is 4.04. The Kier molecular flexibility index (Phi) is 4.03. The summed E-state index contributed by atoms with van der Waals surface area (Å²) < 4.78 is 6.06. The highest BCUT2D eigenvalue weighted by atomic mass is 16.6. The number of nitrogens with zero attached hydrogens (tertiary/aromatic N) is 2. The molecule has 126 valence electrons. The lowest BCUT2D eigenvalue weighted by atomic mass is 10.1. The van der Waals surface area contributed by atoms with E-state index in [1.165, 1.54) is 12.1 Å². The van der Waals surface area contributed by atoms with Crippen molar-refractivity contribution < 1.29 is 9.34 Å². The van der Waals surface area contributed by atoms with Crippen LogP contribution in [0.2, 0.25) is 0 Å². The zero-order valence-electron chi connectivity index (χ0n) is 13.7. The maximum Gasteiger partial charge on any atom is 0.269 e. The van der Waals surface area contributed by atoms with Gasteiger partial charge in [0.05, 0.1) is 4.92 Å². The van der Waals surface area contributed by atoms with Gasteiger partial charge in [0.1, 0.15) is 5.69 Å². The lowest BCUT2D eigenvalue weighted by Crippen LogP contribution is -1.87. The number of benzene rings is 3. The highest BCUT2D eigenvalue weighted by Crippen LogP contribution is 2.36. The van der Waals surface area contributed by atoms with Crippen LogP contribution in [0.15, 0.2) is 89.3 Å². The number of nitro groups is 1. The van der Waals surface area contributed by atoms with E-state index in [2.05, 4.69) is 4.98 Å². The van der Waals surface area contributed by atoms with Crippen LogP contribution in [0.4, 0.5) is 5.69 Å². The summed E-state index contributed by atoms with van der Waals surface area (Å²) in [5, 5.41) is 10.9. The van der Waals surface area contributed by atoms with Crippen molar-refractivity contribution in [1.82, 2.24) is 4.98 Å². The molecule has 0 aliphatic carbocycles. The SMILES string of the molecule is O=[N+]([O-])c1ccc(-c2oc(-c3ccccc3)nc2-c2ccccc2)cc1. The van der Waals surface area contributed by atoms with E-state index in [1.54, 1.807) is 12.1 Å². The zero-order valence-corrected chi connectivity index (χ0v) is 13.7. The van der Waals surface area contributed by atoms with Gasteiger partial charge < -0.3 is 4.42 Å². The van der Waals surface area contributed by atoms with Crippen LogP contribution in [-0.2, 0) is 0 Å². The summed E-state index contributed by atoms with van der Waals surface area (Å²) in [6.45, 7) is 0. The topological polar surface area (TPSA) is 69.2 Å². The fourth-order valence-corrected chi connectivity index (χ4v) is 2.75. The Balaban J connectivity index is 1.87. The molecule has 5 heteroatoms. The van der Waals surface area contributed by atoms with Gasteiger partial charge in [0.2, 0.25) is 5.89 Å². The summed E-state index contributed by atoms with van der Waals surface area (Å²) in [6, 6.07) is 25.7. The van der Waals surface area contributed by atoms with Gasteiger partial charge in [-0.25, -0.2) is 4.98 Å². The first kappa shape index (κ1) is 15.8. The van der Waals surface area contributed by atoms with Crippen molar-refractivity contribution >= 4 is 5.69 Å². The first-order valence-electron chi connectivity index (χ1n) is 8.09. The molecule has 0 radical (unpaired) electrons. The molecular formula is C21H14N2O3. The van der Waals surface area contributed by atoms with Crippen molar-refractivity contribution in [3.05, 3.63) is 95.0 Å². The second kappa shape index (κ2) is 6.64. The standard InChI is InChI=1S/C21H14N2O3/c24-23(25)18-13-11-16(12-14-18)20-19(15-7-3-1-4-8-15)22-21(26-20)17-9-5-2-6-10-17/h1-14H. The number of hydrogen-bond donors (Lipinski definition) is 0. The zero-order chi connectivity index (χ0) is 17.9. The second-order valence-electron chi connectivity index (χ2n) is 5.73. The molecular weight excluding hydrogens is 328 g/mol. The van der Waals surface area contributed by atoms with E-state index in [-0.39, 0.29) is 5.69 Å². The molecule has 0 N–H and O–H groups in total. The summed E-state index contributed by atoms with van der Waals surface area (Å²) in [7, 11) is 0. The molecule has 4 aromatic rings. The van der Waals surface area contributed by atoms with Crippen LogP contribution < -0.4 is 0 Å². The van der Waals surface area contributed by atoms with Gasteiger partial charge in [-0.05, 0) is 24.3 Å². The Bertz CT molecular complexity index is 1040. The molecule has 0 spiro atoms. The summed E-state index contributed by atoms with van der Waals surface area (Å²) in [4.78, 5) is 15.2. The molecule has 4 rings (SSSR count). The minimum absolute atomic E-state index is 0.0396. The summed E-state index contributed by atoms with van der Waals surface area (Å²) >= 11 is 0. The molecule has 0 fully saturated rings. The van der Waals surface area contributed by atoms with Gasteiger partial charge in [0, 0.05) is 28.8 Å². The van der Waals surface area contributed by atoms with Crippen molar-refractivity contribution in [2.45, 2.75) is 0 Å². The molecule has 3 aromatic carbocycles. The number of nitro benzene ring substituents is 1. The van der Waals surface area contributed by atoms with E-state index in [0.717, 1.165) is 16.7 Å². The smallest absolute Gasteiger partial charge is 0.269 e. The number of non-ortho nitro benzene ring substituents is 1. The number of rotatable bonds is 4. The Labute approximate surface area is 149 Å². The van der Waals surface area contributed by atoms with E-state index in [1.807, 2.05) is 60.7 Å². The Hall–Kier alpha value is -3.73. The fraction of sp³-hybridized carbons (Fsp3) is 0. The van der Waals surface area contributed by atoms with Crippen LogP contribution in [0.1, 0.15) is 0 Å². The molecule has 0 aliphatic heterocycles. The number of hydrogen-bond acceptors (Lipinski definition) is 4. The van der Waals surface area contributed by atoms with Gasteiger partial charge >= 0.3 is 0 Å². The van der Waals surface area contributed by atoms with Gasteiger partial charge in [0.15, 0.2) is 5.76 Å². The third kappa shape index (κ3) is 2.98. The Morgan fingerprint density at radius 3 is 1.88 bits per heavy atom. The molecule has 5 nitrogen and oxygen atoms in total. The molecule has 0 amide bonds. The predicted molar refractivity (Wildman–Crippen MR) is 99.5 cm³/mol. The first-order valence-corrected chi connectivity index (χ1v) is 8.09. The average molecular weight is 342 g/mol. The molecule has 26 heavy (non-hydrogen) atoms. The third-order valence-corrected chi connectivity index (χ3v) is 4.04. The number of oxazole rings is 1. The minimum Gasteiger partial charge on any atom is -0.435 e. The van der Waals surface area contributed by atoms with E-state index in [4.69, 9.17) is 4.42 Å². The molecule has 1 heterocycles. The van der Waals surface area contributed by atoms with Crippen LogP contribution in [0, 0.1) is 10.1 Å². The maximum atomic E-state index is 10.9. The minimum atomic E-state index is -0.419. The highest BCUT2D eigenvalue weighted by Gasteiger charge is 2.18. The second-order valence-corrected chi connectivity index (χ2v) is 5.73. The largest absolute Gasteiger partial charge is 0.435 e. The van der Waals surface area contributed by atoms with Gasteiger partial charge in [0.25, 0.3) is 5.69 Å². The Morgan fingerprint density at radius 2 is 1.31 bits per heavy atom. The molecule has 0 saturated carbocycles. The molecule has 0 unspecified atom stereocenters. The number of aromatic nitrogens is 1. The van der Waals surface area contributed by atoms with Gasteiger partial charge in [-0.3, -0.25) is 10.1 Å².